The maximum absolute atomic E-state index is 12.2. The molecule has 0 aliphatic rings. The van der Waals surface area contributed by atoms with Crippen molar-refractivity contribution in [1.82, 2.24) is 15.2 Å². The monoisotopic (exact) mass is 400 g/mol. The van der Waals surface area contributed by atoms with Gasteiger partial charge < -0.3 is 14.5 Å². The zero-order valence-corrected chi connectivity index (χ0v) is 15.9. The van der Waals surface area contributed by atoms with Crippen molar-refractivity contribution >= 4 is 17.6 Å². The third kappa shape index (κ3) is 4.22. The highest BCUT2D eigenvalue weighted by molar-refractivity contribution is 6.04. The first-order valence-corrected chi connectivity index (χ1v) is 9.03. The molecule has 8 nitrogen and oxygen atoms in total. The average molecular weight is 400 g/mol. The Balaban J connectivity index is 1.52. The summed E-state index contributed by atoms with van der Waals surface area (Å²) in [6, 6.07) is 17.3. The molecule has 0 spiro atoms. The number of nitrogens with one attached hydrogen (secondary N) is 1. The first-order chi connectivity index (χ1) is 14.6. The maximum Gasteiger partial charge on any atom is 0.308 e. The Labute approximate surface area is 171 Å². The third-order valence-corrected chi connectivity index (χ3v) is 4.11. The van der Waals surface area contributed by atoms with Gasteiger partial charge in [-0.1, -0.05) is 12.1 Å². The summed E-state index contributed by atoms with van der Waals surface area (Å²) in [5.41, 5.74) is 2.28. The summed E-state index contributed by atoms with van der Waals surface area (Å²) < 4.78 is 11.0. The molecule has 30 heavy (non-hydrogen) atoms. The van der Waals surface area contributed by atoms with Gasteiger partial charge in [-0.2, -0.15) is 0 Å². The van der Waals surface area contributed by atoms with Crippen molar-refractivity contribution in [2.45, 2.75) is 6.92 Å². The normalized spacial score (nSPS) is 10.4. The zero-order valence-electron chi connectivity index (χ0n) is 15.9. The molecule has 0 radical (unpaired) electrons. The van der Waals surface area contributed by atoms with E-state index in [1.54, 1.807) is 66.9 Å². The Morgan fingerprint density at radius 3 is 2.43 bits per heavy atom. The van der Waals surface area contributed by atoms with Crippen LogP contribution in [0, 0.1) is 0 Å². The van der Waals surface area contributed by atoms with Gasteiger partial charge in [0.15, 0.2) is 0 Å². The lowest BCUT2D eigenvalue weighted by Crippen LogP contribution is -2.11. The number of rotatable bonds is 5. The number of hydrogen-bond acceptors (Lipinski definition) is 7. The summed E-state index contributed by atoms with van der Waals surface area (Å²) >= 11 is 0. The molecule has 8 heteroatoms. The van der Waals surface area contributed by atoms with Crippen LogP contribution >= 0.6 is 0 Å². The van der Waals surface area contributed by atoms with E-state index in [4.69, 9.17) is 9.15 Å². The summed E-state index contributed by atoms with van der Waals surface area (Å²) in [5.74, 6) is 0.182. The molecule has 1 N–H and O–H groups in total. The second kappa shape index (κ2) is 8.36. The van der Waals surface area contributed by atoms with E-state index in [9.17, 15) is 9.59 Å². The van der Waals surface area contributed by atoms with E-state index in [-0.39, 0.29) is 11.8 Å². The lowest BCUT2D eigenvalue weighted by atomic mass is 10.2. The predicted molar refractivity (Wildman–Crippen MR) is 109 cm³/mol. The third-order valence-electron chi connectivity index (χ3n) is 4.11. The molecule has 0 atom stereocenters. The minimum absolute atomic E-state index is 0.232. The molecule has 0 saturated carbocycles. The second-order valence-corrected chi connectivity index (χ2v) is 6.28. The quantitative estimate of drug-likeness (QED) is 0.399. The lowest BCUT2D eigenvalue weighted by Gasteiger charge is -2.05. The van der Waals surface area contributed by atoms with Crippen LogP contribution in [0.4, 0.5) is 5.69 Å². The van der Waals surface area contributed by atoms with Crippen molar-refractivity contribution in [1.29, 1.82) is 0 Å². The number of hydrogen-bond donors (Lipinski definition) is 1. The molecule has 4 rings (SSSR count). The van der Waals surface area contributed by atoms with Crippen molar-refractivity contribution < 1.29 is 18.7 Å². The van der Waals surface area contributed by atoms with Crippen LogP contribution in [0.1, 0.15) is 17.3 Å². The molecule has 148 valence electrons. The highest BCUT2D eigenvalue weighted by Gasteiger charge is 2.16. The van der Waals surface area contributed by atoms with Gasteiger partial charge in [0.2, 0.25) is 5.89 Å². The van der Waals surface area contributed by atoms with Crippen LogP contribution < -0.4 is 10.1 Å². The fraction of sp³-hybridized carbons (Fsp3) is 0.0455. The topological polar surface area (TPSA) is 107 Å². The van der Waals surface area contributed by atoms with Crippen molar-refractivity contribution in [3.05, 3.63) is 78.6 Å². The van der Waals surface area contributed by atoms with Gasteiger partial charge in [0.25, 0.3) is 11.8 Å². The number of aromatic nitrogens is 3. The van der Waals surface area contributed by atoms with E-state index >= 15 is 0 Å². The number of carbonyl (C=O) groups is 2. The first-order valence-electron chi connectivity index (χ1n) is 9.03. The van der Waals surface area contributed by atoms with Gasteiger partial charge in [-0.3, -0.25) is 14.6 Å². The van der Waals surface area contributed by atoms with Crippen LogP contribution in [-0.4, -0.2) is 27.1 Å². The molecule has 2 aromatic carbocycles. The number of ether oxygens (including phenoxy) is 1. The number of benzene rings is 2. The molecular weight excluding hydrogens is 384 g/mol. The van der Waals surface area contributed by atoms with Gasteiger partial charge in [0.1, 0.15) is 5.75 Å². The van der Waals surface area contributed by atoms with E-state index in [1.165, 1.54) is 13.1 Å². The fourth-order valence-corrected chi connectivity index (χ4v) is 2.73. The number of nitrogens with zero attached hydrogens (tertiary/aromatic N) is 3. The van der Waals surface area contributed by atoms with Crippen molar-refractivity contribution in [2.75, 3.05) is 5.32 Å². The van der Waals surface area contributed by atoms with E-state index in [2.05, 4.69) is 20.5 Å². The van der Waals surface area contributed by atoms with Gasteiger partial charge in [0.05, 0.1) is 11.1 Å². The summed E-state index contributed by atoms with van der Waals surface area (Å²) in [6.45, 7) is 1.32. The largest absolute Gasteiger partial charge is 0.426 e. The van der Waals surface area contributed by atoms with E-state index in [1.807, 2.05) is 0 Å². The summed E-state index contributed by atoms with van der Waals surface area (Å²) in [4.78, 5) is 27.4. The van der Waals surface area contributed by atoms with Gasteiger partial charge in [-0.25, -0.2) is 0 Å². The lowest BCUT2D eigenvalue weighted by molar-refractivity contribution is -0.131. The SMILES string of the molecule is CC(=O)Oc1ccccc1-c1nnc(-c2ccc(NC(=O)c3cccnc3)cc2)o1. The van der Waals surface area contributed by atoms with Crippen LogP contribution in [0.2, 0.25) is 0 Å². The Morgan fingerprint density at radius 2 is 1.70 bits per heavy atom. The minimum Gasteiger partial charge on any atom is -0.426 e. The van der Waals surface area contributed by atoms with E-state index < -0.39 is 5.97 Å². The number of amides is 1. The number of carbonyl (C=O) groups excluding carboxylic acids is 2. The highest BCUT2D eigenvalue weighted by Crippen LogP contribution is 2.31. The van der Waals surface area contributed by atoms with E-state index in [0.29, 0.717) is 34.0 Å². The summed E-state index contributed by atoms with van der Waals surface area (Å²) in [5, 5.41) is 10.9. The molecular formula is C22H16N4O4. The van der Waals surface area contributed by atoms with Crippen LogP contribution in [-0.2, 0) is 4.79 Å². The molecule has 0 saturated heterocycles. The number of para-hydroxylation sites is 1. The Bertz CT molecular complexity index is 1190. The summed E-state index contributed by atoms with van der Waals surface area (Å²) in [6.07, 6.45) is 3.10. The van der Waals surface area contributed by atoms with Crippen LogP contribution in [0.5, 0.6) is 5.75 Å². The average Bonchev–Trinajstić information content (AvgIpc) is 3.25. The number of anilines is 1. The standard InChI is InChI=1S/C22H16N4O4/c1-14(27)29-19-7-3-2-6-18(19)22-26-25-21(30-22)15-8-10-17(11-9-15)24-20(28)16-5-4-12-23-13-16/h2-13H,1H3,(H,24,28). The number of esters is 1. The maximum atomic E-state index is 12.2. The molecule has 2 heterocycles. The smallest absolute Gasteiger partial charge is 0.308 e. The van der Waals surface area contributed by atoms with Crippen LogP contribution in [0.15, 0.2) is 77.5 Å². The van der Waals surface area contributed by atoms with Crippen molar-refractivity contribution in [3.63, 3.8) is 0 Å². The van der Waals surface area contributed by atoms with Crippen LogP contribution in [0.3, 0.4) is 0 Å². The predicted octanol–water partition coefficient (Wildman–Crippen LogP) is 3.98. The Kier molecular flexibility index (Phi) is 5.29. The molecule has 0 bridgehead atoms. The summed E-state index contributed by atoms with van der Waals surface area (Å²) in [7, 11) is 0. The molecule has 0 unspecified atom stereocenters. The van der Waals surface area contributed by atoms with Crippen LogP contribution in [0.25, 0.3) is 22.9 Å². The molecule has 0 fully saturated rings. The Hall–Kier alpha value is -4.33. The highest BCUT2D eigenvalue weighted by atomic mass is 16.5. The zero-order chi connectivity index (χ0) is 20.9. The van der Waals surface area contributed by atoms with Crippen molar-refractivity contribution in [3.8, 4) is 28.7 Å². The Morgan fingerprint density at radius 1 is 0.933 bits per heavy atom. The van der Waals surface area contributed by atoms with E-state index in [0.717, 1.165) is 0 Å². The second-order valence-electron chi connectivity index (χ2n) is 6.28. The van der Waals surface area contributed by atoms with Gasteiger partial charge in [0, 0.05) is 30.6 Å². The first kappa shape index (κ1) is 19.0. The fourth-order valence-electron chi connectivity index (χ4n) is 2.73. The number of pyridine rings is 1. The molecule has 0 aliphatic heterocycles. The minimum atomic E-state index is -0.439. The van der Waals surface area contributed by atoms with Gasteiger partial charge in [-0.05, 0) is 48.5 Å². The van der Waals surface area contributed by atoms with Gasteiger partial charge in [-0.15, -0.1) is 10.2 Å². The molecule has 1 amide bonds. The molecule has 4 aromatic rings. The van der Waals surface area contributed by atoms with Crippen molar-refractivity contribution in [2.24, 2.45) is 0 Å². The molecule has 2 aromatic heterocycles. The molecule has 0 aliphatic carbocycles. The van der Waals surface area contributed by atoms with Gasteiger partial charge >= 0.3 is 5.97 Å².